The first-order chi connectivity index (χ1) is 12.5. The lowest BCUT2D eigenvalue weighted by Crippen LogP contribution is -2.68. The third kappa shape index (κ3) is 3.05. The molecule has 5 nitrogen and oxygen atoms in total. The molecule has 0 spiro atoms. The standard InChI is InChI=1S/C18H21F2N5S/c1-10-11(2)22-18(26-3)23-17(10)24-7-13-5-14(8-24)25(13)9-16-15(20)4-12(19)6-21-16/h4,6,13-14H,5,7-9H2,1-3H3. The molecular weight excluding hydrogens is 356 g/mol. The molecule has 0 aromatic carbocycles. The van der Waals surface area contributed by atoms with Crippen LogP contribution in [-0.2, 0) is 6.54 Å². The maximum absolute atomic E-state index is 13.9. The van der Waals surface area contributed by atoms with Gasteiger partial charge in [-0.25, -0.2) is 18.7 Å². The minimum atomic E-state index is -0.638. The Morgan fingerprint density at radius 1 is 1.19 bits per heavy atom. The van der Waals surface area contributed by atoms with Crippen molar-refractivity contribution in [2.45, 2.75) is 44.1 Å². The maximum atomic E-state index is 13.9. The summed E-state index contributed by atoms with van der Waals surface area (Å²) in [6, 6.07) is 1.58. The number of aryl methyl sites for hydroxylation is 1. The number of aromatic nitrogens is 3. The van der Waals surface area contributed by atoms with Gasteiger partial charge in [-0.3, -0.25) is 9.88 Å². The molecule has 138 valence electrons. The van der Waals surface area contributed by atoms with E-state index >= 15 is 0 Å². The van der Waals surface area contributed by atoms with E-state index in [0.717, 1.165) is 54.0 Å². The first kappa shape index (κ1) is 17.6. The second kappa shape index (κ2) is 6.74. The van der Waals surface area contributed by atoms with Crippen molar-refractivity contribution in [1.82, 2.24) is 19.9 Å². The number of anilines is 1. The van der Waals surface area contributed by atoms with Crippen molar-refractivity contribution < 1.29 is 8.78 Å². The average molecular weight is 377 g/mol. The number of piperazine rings is 1. The van der Waals surface area contributed by atoms with Gasteiger partial charge in [0, 0.05) is 49.0 Å². The van der Waals surface area contributed by atoms with Crippen LogP contribution in [0.2, 0.25) is 0 Å². The molecule has 2 aromatic rings. The lowest BCUT2D eigenvalue weighted by Gasteiger charge is -2.56. The summed E-state index contributed by atoms with van der Waals surface area (Å²) in [4.78, 5) is 17.7. The summed E-state index contributed by atoms with van der Waals surface area (Å²) < 4.78 is 27.0. The second-order valence-corrected chi connectivity index (χ2v) is 7.72. The van der Waals surface area contributed by atoms with E-state index in [1.165, 1.54) is 0 Å². The van der Waals surface area contributed by atoms with Crippen LogP contribution in [0.5, 0.6) is 0 Å². The summed E-state index contributed by atoms with van der Waals surface area (Å²) in [5.41, 5.74) is 2.43. The number of hydrogen-bond acceptors (Lipinski definition) is 6. The number of thioether (sulfide) groups is 1. The summed E-state index contributed by atoms with van der Waals surface area (Å²) in [6.45, 7) is 6.20. The van der Waals surface area contributed by atoms with Crippen LogP contribution in [0, 0.1) is 25.5 Å². The topological polar surface area (TPSA) is 45.2 Å². The largest absolute Gasteiger partial charge is 0.353 e. The van der Waals surface area contributed by atoms with Crippen molar-refractivity contribution >= 4 is 17.6 Å². The second-order valence-electron chi connectivity index (χ2n) is 6.95. The zero-order valence-electron chi connectivity index (χ0n) is 15.0. The van der Waals surface area contributed by atoms with E-state index in [9.17, 15) is 8.78 Å². The Bertz CT molecular complexity index is 835. The van der Waals surface area contributed by atoms with Gasteiger partial charge in [0.2, 0.25) is 0 Å². The summed E-state index contributed by atoms with van der Waals surface area (Å²) in [5.74, 6) is -0.207. The van der Waals surface area contributed by atoms with Gasteiger partial charge in [-0.15, -0.1) is 0 Å². The van der Waals surface area contributed by atoms with Gasteiger partial charge in [0.05, 0.1) is 11.9 Å². The lowest BCUT2D eigenvalue weighted by molar-refractivity contribution is -0.0107. The Morgan fingerprint density at radius 2 is 1.92 bits per heavy atom. The van der Waals surface area contributed by atoms with Gasteiger partial charge in [0.25, 0.3) is 0 Å². The smallest absolute Gasteiger partial charge is 0.189 e. The first-order valence-corrected chi connectivity index (χ1v) is 9.88. The van der Waals surface area contributed by atoms with Crippen LogP contribution in [-0.4, -0.2) is 51.3 Å². The van der Waals surface area contributed by atoms with Gasteiger partial charge in [-0.05, 0) is 26.5 Å². The number of halogens is 2. The SMILES string of the molecule is CSc1nc(C)c(C)c(N2CC3CC(C2)N3Cc2ncc(F)cc2F)n1. The van der Waals surface area contributed by atoms with Crippen LogP contribution in [0.3, 0.4) is 0 Å². The quantitative estimate of drug-likeness (QED) is 0.603. The van der Waals surface area contributed by atoms with Crippen LogP contribution >= 0.6 is 11.8 Å². The van der Waals surface area contributed by atoms with Gasteiger partial charge in [-0.1, -0.05) is 11.8 Å². The highest BCUT2D eigenvalue weighted by Crippen LogP contribution is 2.36. The molecule has 0 saturated carbocycles. The number of fused-ring (bicyclic) bond motifs is 2. The molecule has 26 heavy (non-hydrogen) atoms. The van der Waals surface area contributed by atoms with Gasteiger partial charge in [-0.2, -0.15) is 0 Å². The number of nitrogens with zero attached hydrogens (tertiary/aromatic N) is 5. The van der Waals surface area contributed by atoms with Crippen molar-refractivity contribution in [2.75, 3.05) is 24.2 Å². The fourth-order valence-corrected chi connectivity index (χ4v) is 4.24. The van der Waals surface area contributed by atoms with Crippen molar-refractivity contribution in [3.05, 3.63) is 40.8 Å². The summed E-state index contributed by atoms with van der Waals surface area (Å²) in [6.07, 6.45) is 4.16. The number of pyridine rings is 1. The van der Waals surface area contributed by atoms with E-state index in [1.54, 1.807) is 11.8 Å². The van der Waals surface area contributed by atoms with Crippen LogP contribution in [0.4, 0.5) is 14.6 Å². The predicted molar refractivity (Wildman–Crippen MR) is 97.4 cm³/mol. The third-order valence-electron chi connectivity index (χ3n) is 5.39. The lowest BCUT2D eigenvalue weighted by atomic mass is 9.87. The highest BCUT2D eigenvalue weighted by molar-refractivity contribution is 7.98. The molecule has 2 unspecified atom stereocenters. The van der Waals surface area contributed by atoms with E-state index in [4.69, 9.17) is 4.98 Å². The number of piperidine rings is 1. The molecule has 0 aliphatic carbocycles. The van der Waals surface area contributed by atoms with E-state index in [0.29, 0.717) is 24.3 Å². The fourth-order valence-electron chi connectivity index (χ4n) is 3.84. The van der Waals surface area contributed by atoms with E-state index in [2.05, 4.69) is 26.7 Å². The molecule has 2 bridgehead atoms. The molecule has 0 amide bonds. The van der Waals surface area contributed by atoms with Crippen molar-refractivity contribution in [2.24, 2.45) is 0 Å². The molecule has 0 radical (unpaired) electrons. The van der Waals surface area contributed by atoms with E-state index < -0.39 is 11.6 Å². The molecule has 3 fully saturated rings. The molecule has 3 aliphatic heterocycles. The molecule has 5 heterocycles. The Morgan fingerprint density at radius 3 is 2.58 bits per heavy atom. The van der Waals surface area contributed by atoms with Gasteiger partial charge >= 0.3 is 0 Å². The Kier molecular flexibility index (Phi) is 4.56. The van der Waals surface area contributed by atoms with Gasteiger partial charge < -0.3 is 4.90 Å². The maximum Gasteiger partial charge on any atom is 0.189 e. The molecule has 0 N–H and O–H groups in total. The normalized spacial score (nSPS) is 22.4. The summed E-state index contributed by atoms with van der Waals surface area (Å²) >= 11 is 1.55. The van der Waals surface area contributed by atoms with E-state index in [1.807, 2.05) is 13.2 Å². The van der Waals surface area contributed by atoms with E-state index in [-0.39, 0.29) is 0 Å². The van der Waals surface area contributed by atoms with Crippen molar-refractivity contribution in [3.63, 3.8) is 0 Å². The van der Waals surface area contributed by atoms with Crippen LogP contribution in [0.1, 0.15) is 23.4 Å². The highest BCUT2D eigenvalue weighted by atomic mass is 32.2. The molecule has 8 heteroatoms. The number of rotatable bonds is 4. The highest BCUT2D eigenvalue weighted by Gasteiger charge is 2.45. The monoisotopic (exact) mass is 377 g/mol. The Balaban J connectivity index is 1.50. The minimum Gasteiger partial charge on any atom is -0.353 e. The molecule has 2 aromatic heterocycles. The molecule has 2 atom stereocenters. The van der Waals surface area contributed by atoms with Crippen molar-refractivity contribution in [1.29, 1.82) is 0 Å². The fraction of sp³-hybridized carbons (Fsp3) is 0.500. The van der Waals surface area contributed by atoms with Gasteiger partial charge in [0.1, 0.15) is 17.5 Å². The molecule has 3 aliphatic rings. The molecule has 3 saturated heterocycles. The zero-order valence-corrected chi connectivity index (χ0v) is 15.9. The Hall–Kier alpha value is -1.80. The van der Waals surface area contributed by atoms with Crippen LogP contribution < -0.4 is 4.90 Å². The van der Waals surface area contributed by atoms with Crippen LogP contribution in [0.25, 0.3) is 0 Å². The zero-order chi connectivity index (χ0) is 18.4. The van der Waals surface area contributed by atoms with Crippen LogP contribution in [0.15, 0.2) is 17.4 Å². The number of hydrogen-bond donors (Lipinski definition) is 0. The first-order valence-electron chi connectivity index (χ1n) is 8.66. The van der Waals surface area contributed by atoms with Crippen molar-refractivity contribution in [3.8, 4) is 0 Å². The molecule has 5 rings (SSSR count). The van der Waals surface area contributed by atoms with Gasteiger partial charge in [0.15, 0.2) is 5.16 Å². The average Bonchev–Trinajstić information content (AvgIpc) is 2.63. The summed E-state index contributed by atoms with van der Waals surface area (Å²) in [5, 5.41) is 0.789. The third-order valence-corrected chi connectivity index (χ3v) is 5.93. The predicted octanol–water partition coefficient (Wildman–Crippen LogP) is 2.95. The minimum absolute atomic E-state index is 0.313. The summed E-state index contributed by atoms with van der Waals surface area (Å²) in [7, 11) is 0. The molecular formula is C18H21F2N5S. The Labute approximate surface area is 155 Å².